The van der Waals surface area contributed by atoms with E-state index in [0.29, 0.717) is 12.4 Å². The summed E-state index contributed by atoms with van der Waals surface area (Å²) in [6.07, 6.45) is 6.34. The molecule has 0 unspecified atom stereocenters. The molecule has 0 atom stereocenters. The second kappa shape index (κ2) is 9.40. The van der Waals surface area contributed by atoms with Gasteiger partial charge in [0.15, 0.2) is 0 Å². The predicted molar refractivity (Wildman–Crippen MR) is 94.2 cm³/mol. The smallest absolute Gasteiger partial charge is 0.336 e. The van der Waals surface area contributed by atoms with Gasteiger partial charge >= 0.3 is 5.97 Å². The van der Waals surface area contributed by atoms with Gasteiger partial charge in [-0.25, -0.2) is 4.79 Å². The summed E-state index contributed by atoms with van der Waals surface area (Å²) < 4.78 is 10.8. The Kier molecular flexibility index (Phi) is 6.90. The predicted octanol–water partition coefficient (Wildman–Crippen LogP) is 4.58. The zero-order chi connectivity index (χ0) is 17.2. The van der Waals surface area contributed by atoms with Gasteiger partial charge in [0, 0.05) is 6.08 Å². The molecule has 0 aliphatic heterocycles. The van der Waals surface area contributed by atoms with Crippen LogP contribution in [0.3, 0.4) is 0 Å². The molecule has 4 nitrogen and oxygen atoms in total. The number of ether oxygens (including phenoxy) is 2. The van der Waals surface area contributed by atoms with Crippen molar-refractivity contribution in [2.75, 3.05) is 6.61 Å². The van der Waals surface area contributed by atoms with E-state index >= 15 is 0 Å². The summed E-state index contributed by atoms with van der Waals surface area (Å²) in [4.78, 5) is 11.8. The van der Waals surface area contributed by atoms with Crippen molar-refractivity contribution in [3.8, 4) is 17.2 Å². The first-order valence-electron chi connectivity index (χ1n) is 8.09. The summed E-state index contributed by atoms with van der Waals surface area (Å²) in [6.45, 7) is 2.85. The average molecular weight is 326 g/mol. The number of phenolic OH excluding ortho intramolecular Hbond substituents is 1. The number of rotatable bonds is 8. The van der Waals surface area contributed by atoms with Gasteiger partial charge in [-0.2, -0.15) is 0 Å². The minimum atomic E-state index is -0.459. The topological polar surface area (TPSA) is 55.8 Å². The number of hydrogen-bond acceptors (Lipinski definition) is 4. The van der Waals surface area contributed by atoms with Crippen LogP contribution >= 0.6 is 0 Å². The molecule has 0 saturated carbocycles. The van der Waals surface area contributed by atoms with Crippen molar-refractivity contribution in [2.24, 2.45) is 0 Å². The Labute approximate surface area is 142 Å². The van der Waals surface area contributed by atoms with Crippen LogP contribution in [0, 0.1) is 0 Å². The molecular formula is C20H22O4. The molecule has 0 spiro atoms. The van der Waals surface area contributed by atoms with Gasteiger partial charge < -0.3 is 14.6 Å². The molecule has 0 aliphatic rings. The van der Waals surface area contributed by atoms with Crippen LogP contribution in [-0.2, 0) is 4.79 Å². The number of carbonyl (C=O) groups excluding carboxylic acids is 1. The van der Waals surface area contributed by atoms with E-state index in [1.165, 1.54) is 6.08 Å². The Bertz CT molecular complexity index is 657. The van der Waals surface area contributed by atoms with Gasteiger partial charge in [0.25, 0.3) is 0 Å². The van der Waals surface area contributed by atoms with Crippen LogP contribution in [-0.4, -0.2) is 17.7 Å². The summed E-state index contributed by atoms with van der Waals surface area (Å²) in [5, 5.41) is 9.21. The lowest BCUT2D eigenvalue weighted by molar-refractivity contribution is -0.128. The minimum absolute atomic E-state index is 0.187. The molecule has 0 aromatic heterocycles. The van der Waals surface area contributed by atoms with Crippen molar-refractivity contribution >= 4 is 12.0 Å². The maximum absolute atomic E-state index is 11.8. The van der Waals surface area contributed by atoms with Crippen molar-refractivity contribution in [2.45, 2.75) is 26.2 Å². The molecule has 4 heteroatoms. The maximum atomic E-state index is 11.8. The second-order valence-corrected chi connectivity index (χ2v) is 5.37. The van der Waals surface area contributed by atoms with Crippen LogP contribution in [0.15, 0.2) is 54.6 Å². The zero-order valence-electron chi connectivity index (χ0n) is 13.8. The van der Waals surface area contributed by atoms with Crippen LogP contribution in [0.25, 0.3) is 6.08 Å². The van der Waals surface area contributed by atoms with Gasteiger partial charge in [-0.15, -0.1) is 0 Å². The largest absolute Gasteiger partial charge is 0.508 e. The van der Waals surface area contributed by atoms with Gasteiger partial charge in [0.2, 0.25) is 0 Å². The Morgan fingerprint density at radius 2 is 1.67 bits per heavy atom. The molecule has 2 aromatic rings. The monoisotopic (exact) mass is 326 g/mol. The van der Waals surface area contributed by atoms with E-state index in [1.54, 1.807) is 54.6 Å². The number of esters is 1. The molecule has 0 aliphatic carbocycles. The number of aromatic hydroxyl groups is 1. The number of hydrogen-bond donors (Lipinski definition) is 1. The van der Waals surface area contributed by atoms with Crippen molar-refractivity contribution in [3.63, 3.8) is 0 Å². The maximum Gasteiger partial charge on any atom is 0.336 e. The lowest BCUT2D eigenvalue weighted by Crippen LogP contribution is -2.03. The van der Waals surface area contributed by atoms with E-state index < -0.39 is 5.97 Å². The van der Waals surface area contributed by atoms with E-state index in [4.69, 9.17) is 9.47 Å². The van der Waals surface area contributed by atoms with Crippen LogP contribution in [0.4, 0.5) is 0 Å². The molecule has 24 heavy (non-hydrogen) atoms. The molecular weight excluding hydrogens is 304 g/mol. The van der Waals surface area contributed by atoms with E-state index in [2.05, 4.69) is 6.92 Å². The highest BCUT2D eigenvalue weighted by atomic mass is 16.5. The van der Waals surface area contributed by atoms with Gasteiger partial charge in [-0.3, -0.25) is 0 Å². The first kappa shape index (κ1) is 17.6. The zero-order valence-corrected chi connectivity index (χ0v) is 13.8. The van der Waals surface area contributed by atoms with E-state index in [-0.39, 0.29) is 5.75 Å². The van der Waals surface area contributed by atoms with Crippen LogP contribution in [0.5, 0.6) is 17.2 Å². The summed E-state index contributed by atoms with van der Waals surface area (Å²) >= 11 is 0. The van der Waals surface area contributed by atoms with Gasteiger partial charge in [-0.1, -0.05) is 31.9 Å². The second-order valence-electron chi connectivity index (χ2n) is 5.37. The molecule has 0 saturated heterocycles. The summed E-state index contributed by atoms with van der Waals surface area (Å²) in [6, 6.07) is 13.5. The number of benzene rings is 2. The Balaban J connectivity index is 1.82. The van der Waals surface area contributed by atoms with E-state index in [1.807, 2.05) is 0 Å². The molecule has 0 amide bonds. The number of carbonyl (C=O) groups is 1. The standard InChI is InChI=1S/C20H22O4/c1-2-3-4-15-23-18-10-12-19(13-11-18)24-20(22)14-7-16-5-8-17(21)9-6-16/h5-14,21H,2-4,15H2,1H3. The Morgan fingerprint density at radius 1 is 1.00 bits per heavy atom. The third-order valence-corrected chi connectivity index (χ3v) is 3.36. The van der Waals surface area contributed by atoms with Crippen LogP contribution in [0.1, 0.15) is 31.7 Å². The van der Waals surface area contributed by atoms with Crippen LogP contribution in [0.2, 0.25) is 0 Å². The van der Waals surface area contributed by atoms with Gasteiger partial charge in [0.1, 0.15) is 17.2 Å². The highest BCUT2D eigenvalue weighted by Gasteiger charge is 2.01. The molecule has 0 bridgehead atoms. The molecule has 1 N–H and O–H groups in total. The SMILES string of the molecule is CCCCCOc1ccc(OC(=O)C=Cc2ccc(O)cc2)cc1. The minimum Gasteiger partial charge on any atom is -0.508 e. The molecule has 0 fully saturated rings. The number of phenols is 1. The highest BCUT2D eigenvalue weighted by molar-refractivity contribution is 5.88. The fourth-order valence-electron chi connectivity index (χ4n) is 2.05. The van der Waals surface area contributed by atoms with E-state index in [9.17, 15) is 9.90 Å². The van der Waals surface area contributed by atoms with Crippen molar-refractivity contribution in [1.29, 1.82) is 0 Å². The third kappa shape index (κ3) is 6.16. The third-order valence-electron chi connectivity index (χ3n) is 3.36. The van der Waals surface area contributed by atoms with E-state index in [0.717, 1.165) is 30.6 Å². The highest BCUT2D eigenvalue weighted by Crippen LogP contribution is 2.18. The lowest BCUT2D eigenvalue weighted by atomic mass is 10.2. The first-order valence-corrected chi connectivity index (χ1v) is 8.09. The Morgan fingerprint density at radius 3 is 2.33 bits per heavy atom. The lowest BCUT2D eigenvalue weighted by Gasteiger charge is -2.06. The normalized spacial score (nSPS) is 10.7. The molecule has 2 aromatic carbocycles. The first-order chi connectivity index (χ1) is 11.7. The summed E-state index contributed by atoms with van der Waals surface area (Å²) in [5.41, 5.74) is 0.806. The molecule has 126 valence electrons. The number of unbranched alkanes of at least 4 members (excludes halogenated alkanes) is 2. The quantitative estimate of drug-likeness (QED) is 0.334. The molecule has 2 rings (SSSR count). The fourth-order valence-corrected chi connectivity index (χ4v) is 2.05. The van der Waals surface area contributed by atoms with Gasteiger partial charge in [-0.05, 0) is 54.5 Å². The molecule has 0 radical (unpaired) electrons. The fraction of sp³-hybridized carbons (Fsp3) is 0.250. The van der Waals surface area contributed by atoms with Crippen molar-refractivity contribution in [1.82, 2.24) is 0 Å². The Hall–Kier alpha value is -2.75. The van der Waals surface area contributed by atoms with Gasteiger partial charge in [0.05, 0.1) is 6.61 Å². The van der Waals surface area contributed by atoms with Crippen molar-refractivity contribution in [3.05, 3.63) is 60.2 Å². The molecule has 0 heterocycles. The summed E-state index contributed by atoms with van der Waals surface area (Å²) in [7, 11) is 0. The van der Waals surface area contributed by atoms with Crippen molar-refractivity contribution < 1.29 is 19.4 Å². The average Bonchev–Trinajstić information content (AvgIpc) is 2.60. The summed E-state index contributed by atoms with van der Waals surface area (Å²) in [5.74, 6) is 0.966. The van der Waals surface area contributed by atoms with Crippen LogP contribution < -0.4 is 9.47 Å².